The number of nitrogens with two attached hydrogens (primary N) is 1. The average molecular weight is 386 g/mol. The second-order valence-electron chi connectivity index (χ2n) is 5.77. The highest BCUT2D eigenvalue weighted by molar-refractivity contribution is 7.89. The van der Waals surface area contributed by atoms with Crippen molar-refractivity contribution < 1.29 is 22.7 Å². The molecule has 0 spiro atoms. The van der Waals surface area contributed by atoms with Crippen LogP contribution in [0.25, 0.3) is 11.1 Å². The molecule has 4 N–H and O–H groups in total. The third kappa shape index (κ3) is 4.30. The Morgan fingerprint density at radius 1 is 0.926 bits per heavy atom. The molecule has 3 aromatic rings. The number of anilines is 2. The molecule has 0 saturated heterocycles. The summed E-state index contributed by atoms with van der Waals surface area (Å²) in [4.78, 5) is 11.5. The molecule has 8 heteroatoms. The Morgan fingerprint density at radius 2 is 1.52 bits per heavy atom. The molecule has 3 rings (SSSR count). The molecule has 0 atom stereocenters. The van der Waals surface area contributed by atoms with Gasteiger partial charge in [-0.15, -0.1) is 0 Å². The first kappa shape index (κ1) is 18.6. The van der Waals surface area contributed by atoms with Crippen molar-refractivity contribution >= 4 is 27.4 Å². The second kappa shape index (κ2) is 7.18. The Bertz CT molecular complexity index is 1100. The molecule has 0 bridgehead atoms. The predicted molar refractivity (Wildman–Crippen MR) is 99.9 cm³/mol. The van der Waals surface area contributed by atoms with Gasteiger partial charge in [-0.2, -0.15) is 0 Å². The normalized spacial score (nSPS) is 11.2. The molecular formula is C19H15FN2O4S. The lowest BCUT2D eigenvalue weighted by Crippen LogP contribution is -2.11. The van der Waals surface area contributed by atoms with Gasteiger partial charge in [-0.3, -0.25) is 0 Å². The summed E-state index contributed by atoms with van der Waals surface area (Å²) in [7, 11) is -3.79. The first-order valence-corrected chi connectivity index (χ1v) is 9.32. The van der Waals surface area contributed by atoms with Crippen LogP contribution in [0, 0.1) is 5.82 Å². The lowest BCUT2D eigenvalue weighted by molar-refractivity contribution is 0.0698. The minimum Gasteiger partial charge on any atom is -0.478 e. The highest BCUT2D eigenvalue weighted by Gasteiger charge is 2.13. The molecule has 3 aromatic carbocycles. The fraction of sp³-hybridized carbons (Fsp3) is 0. The molecule has 138 valence electrons. The summed E-state index contributed by atoms with van der Waals surface area (Å²) in [6, 6.07) is 16.1. The minimum absolute atomic E-state index is 0.0157. The maximum absolute atomic E-state index is 13.1. The molecule has 0 aliphatic heterocycles. The zero-order valence-electron chi connectivity index (χ0n) is 13.9. The summed E-state index contributed by atoms with van der Waals surface area (Å²) < 4.78 is 35.8. The molecule has 0 aliphatic carbocycles. The average Bonchev–Trinajstić information content (AvgIpc) is 2.63. The number of primary sulfonamides is 1. The van der Waals surface area contributed by atoms with Crippen molar-refractivity contribution in [1.29, 1.82) is 0 Å². The summed E-state index contributed by atoms with van der Waals surface area (Å²) >= 11 is 0. The van der Waals surface area contributed by atoms with Crippen LogP contribution in [0.5, 0.6) is 0 Å². The number of rotatable bonds is 5. The van der Waals surface area contributed by atoms with Crippen molar-refractivity contribution in [3.8, 4) is 11.1 Å². The van der Waals surface area contributed by atoms with Gasteiger partial charge in [0.25, 0.3) is 0 Å². The van der Waals surface area contributed by atoms with E-state index >= 15 is 0 Å². The zero-order chi connectivity index (χ0) is 19.6. The second-order valence-corrected chi connectivity index (χ2v) is 7.33. The van der Waals surface area contributed by atoms with Crippen LogP contribution in [0.3, 0.4) is 0 Å². The van der Waals surface area contributed by atoms with Crippen LogP contribution in [0.1, 0.15) is 10.4 Å². The smallest absolute Gasteiger partial charge is 0.337 e. The van der Waals surface area contributed by atoms with Gasteiger partial charge in [0, 0.05) is 5.69 Å². The standard InChI is InChI=1S/C19H15FN2O4S/c20-14-4-6-15(7-5-14)22-18-11-13(3-10-17(18)19(23)24)12-1-8-16(9-2-12)27(21,25)26/h1-11,22H,(H,23,24)(H2,21,25,26). The molecule has 6 nitrogen and oxygen atoms in total. The number of carboxylic acid groups (broad SMARTS) is 1. The molecule has 0 amide bonds. The summed E-state index contributed by atoms with van der Waals surface area (Å²) in [5, 5.41) is 17.4. The van der Waals surface area contributed by atoms with E-state index in [0.717, 1.165) is 0 Å². The molecular weight excluding hydrogens is 371 g/mol. The minimum atomic E-state index is -3.79. The topological polar surface area (TPSA) is 109 Å². The van der Waals surface area contributed by atoms with Crippen LogP contribution in [-0.2, 0) is 10.0 Å². The maximum atomic E-state index is 13.1. The van der Waals surface area contributed by atoms with Gasteiger partial charge in [0.05, 0.1) is 16.1 Å². The van der Waals surface area contributed by atoms with Gasteiger partial charge in [-0.05, 0) is 59.7 Å². The summed E-state index contributed by atoms with van der Waals surface area (Å²) in [6.45, 7) is 0. The van der Waals surface area contributed by atoms with Gasteiger partial charge in [-0.1, -0.05) is 18.2 Å². The van der Waals surface area contributed by atoms with E-state index in [1.807, 2.05) is 0 Å². The van der Waals surface area contributed by atoms with Gasteiger partial charge < -0.3 is 10.4 Å². The van der Waals surface area contributed by atoms with Crippen LogP contribution in [0.2, 0.25) is 0 Å². The highest BCUT2D eigenvalue weighted by Crippen LogP contribution is 2.29. The van der Waals surface area contributed by atoms with E-state index in [9.17, 15) is 22.7 Å². The first-order valence-electron chi connectivity index (χ1n) is 7.77. The van der Waals surface area contributed by atoms with Gasteiger partial charge >= 0.3 is 5.97 Å². The van der Waals surface area contributed by atoms with E-state index in [2.05, 4.69) is 5.32 Å². The monoisotopic (exact) mass is 386 g/mol. The maximum Gasteiger partial charge on any atom is 0.337 e. The molecule has 27 heavy (non-hydrogen) atoms. The predicted octanol–water partition coefficient (Wildman–Crippen LogP) is 3.58. The molecule has 0 heterocycles. The SMILES string of the molecule is NS(=O)(=O)c1ccc(-c2ccc(C(=O)O)c(Nc3ccc(F)cc3)c2)cc1. The van der Waals surface area contributed by atoms with Gasteiger partial charge in [0.1, 0.15) is 5.82 Å². The number of carbonyl (C=O) groups is 1. The number of hydrogen-bond donors (Lipinski definition) is 3. The van der Waals surface area contributed by atoms with Crippen molar-refractivity contribution in [2.45, 2.75) is 4.90 Å². The van der Waals surface area contributed by atoms with E-state index < -0.39 is 21.8 Å². The Kier molecular flexibility index (Phi) is 4.93. The van der Waals surface area contributed by atoms with Crippen molar-refractivity contribution in [3.05, 3.63) is 78.1 Å². The third-order valence-electron chi connectivity index (χ3n) is 3.89. The largest absolute Gasteiger partial charge is 0.478 e. The van der Waals surface area contributed by atoms with Gasteiger partial charge in [-0.25, -0.2) is 22.7 Å². The summed E-state index contributed by atoms with van der Waals surface area (Å²) in [6.07, 6.45) is 0. The van der Waals surface area contributed by atoms with Crippen LogP contribution in [-0.4, -0.2) is 19.5 Å². The summed E-state index contributed by atoms with van der Waals surface area (Å²) in [5.74, 6) is -1.52. The van der Waals surface area contributed by atoms with Crippen molar-refractivity contribution in [1.82, 2.24) is 0 Å². The first-order chi connectivity index (χ1) is 12.7. The molecule has 0 aromatic heterocycles. The lowest BCUT2D eigenvalue weighted by Gasteiger charge is -2.12. The Balaban J connectivity index is 2.00. The Morgan fingerprint density at radius 3 is 2.07 bits per heavy atom. The van der Waals surface area contributed by atoms with Crippen LogP contribution < -0.4 is 10.5 Å². The number of nitrogens with one attached hydrogen (secondary N) is 1. The van der Waals surface area contributed by atoms with E-state index in [-0.39, 0.29) is 10.5 Å². The summed E-state index contributed by atoms with van der Waals surface area (Å²) in [5.41, 5.74) is 2.25. The molecule has 0 saturated carbocycles. The molecule has 0 unspecified atom stereocenters. The van der Waals surface area contributed by atoms with E-state index in [1.165, 1.54) is 42.5 Å². The lowest BCUT2D eigenvalue weighted by atomic mass is 10.0. The van der Waals surface area contributed by atoms with Crippen LogP contribution in [0.15, 0.2) is 71.6 Å². The number of sulfonamides is 1. The number of hydrogen-bond acceptors (Lipinski definition) is 4. The molecule has 0 aliphatic rings. The molecule has 0 fully saturated rings. The van der Waals surface area contributed by atoms with Crippen molar-refractivity contribution in [2.75, 3.05) is 5.32 Å². The number of aromatic carboxylic acids is 1. The molecule has 0 radical (unpaired) electrons. The van der Waals surface area contributed by atoms with Crippen LogP contribution >= 0.6 is 0 Å². The fourth-order valence-corrected chi connectivity index (χ4v) is 3.05. The Labute approximate surface area is 155 Å². The van der Waals surface area contributed by atoms with Crippen molar-refractivity contribution in [2.24, 2.45) is 5.14 Å². The quantitative estimate of drug-likeness (QED) is 0.621. The third-order valence-corrected chi connectivity index (χ3v) is 4.82. The van der Waals surface area contributed by atoms with Gasteiger partial charge in [0.15, 0.2) is 0 Å². The number of halogens is 1. The van der Waals surface area contributed by atoms with Crippen LogP contribution in [0.4, 0.5) is 15.8 Å². The van der Waals surface area contributed by atoms with E-state index in [1.54, 1.807) is 24.3 Å². The number of carboxylic acids is 1. The van der Waals surface area contributed by atoms with E-state index in [0.29, 0.717) is 22.5 Å². The van der Waals surface area contributed by atoms with Gasteiger partial charge in [0.2, 0.25) is 10.0 Å². The highest BCUT2D eigenvalue weighted by atomic mass is 32.2. The van der Waals surface area contributed by atoms with Crippen molar-refractivity contribution in [3.63, 3.8) is 0 Å². The number of benzene rings is 3. The fourth-order valence-electron chi connectivity index (χ4n) is 2.54. The van der Waals surface area contributed by atoms with E-state index in [4.69, 9.17) is 5.14 Å². The Hall–Kier alpha value is -3.23. The zero-order valence-corrected chi connectivity index (χ0v) is 14.7.